The van der Waals surface area contributed by atoms with E-state index >= 15 is 0 Å². The van der Waals surface area contributed by atoms with Crippen molar-refractivity contribution in [3.8, 4) is 5.75 Å². The lowest BCUT2D eigenvalue weighted by molar-refractivity contribution is 0.305. The minimum atomic E-state index is 0.877. The van der Waals surface area contributed by atoms with Crippen LogP contribution in [-0.2, 0) is 0 Å². The second-order valence-electron chi connectivity index (χ2n) is 4.68. The second kappa shape index (κ2) is 12.0. The Morgan fingerprint density at radius 1 is 0.889 bits per heavy atom. The Bertz CT molecular complexity index is 261. The van der Waals surface area contributed by atoms with Gasteiger partial charge in [0.05, 0.1) is 6.61 Å². The third kappa shape index (κ3) is 8.98. The molecule has 0 saturated carbocycles. The number of thiophene rings is 1. The van der Waals surface area contributed by atoms with Gasteiger partial charge in [0.2, 0.25) is 0 Å². The molecule has 1 heterocycles. The third-order valence-electron chi connectivity index (χ3n) is 3.04. The van der Waals surface area contributed by atoms with Crippen LogP contribution in [0.3, 0.4) is 0 Å². The van der Waals surface area contributed by atoms with Crippen LogP contribution >= 0.6 is 27.3 Å². The molecule has 0 aliphatic heterocycles. The van der Waals surface area contributed by atoms with Crippen molar-refractivity contribution in [3.63, 3.8) is 0 Å². The zero-order valence-electron chi connectivity index (χ0n) is 11.2. The van der Waals surface area contributed by atoms with Gasteiger partial charge in [-0.2, -0.15) is 0 Å². The van der Waals surface area contributed by atoms with Crippen molar-refractivity contribution in [2.24, 2.45) is 0 Å². The van der Waals surface area contributed by atoms with Crippen LogP contribution in [0.5, 0.6) is 5.75 Å². The van der Waals surface area contributed by atoms with Gasteiger partial charge < -0.3 is 4.74 Å². The Morgan fingerprint density at radius 3 is 2.06 bits per heavy atom. The van der Waals surface area contributed by atoms with E-state index in [2.05, 4.69) is 26.7 Å². The van der Waals surface area contributed by atoms with Gasteiger partial charge in [-0.25, -0.2) is 0 Å². The molecular weight excluding hydrogens is 308 g/mol. The quantitative estimate of drug-likeness (QED) is 0.335. The van der Waals surface area contributed by atoms with Gasteiger partial charge in [-0.15, -0.1) is 11.3 Å². The highest BCUT2D eigenvalue weighted by molar-refractivity contribution is 9.09. The smallest absolute Gasteiger partial charge is 0.129 e. The van der Waals surface area contributed by atoms with Gasteiger partial charge >= 0.3 is 0 Å². The van der Waals surface area contributed by atoms with Crippen LogP contribution in [0.2, 0.25) is 0 Å². The lowest BCUT2D eigenvalue weighted by atomic mass is 10.1. The molecule has 0 fully saturated rings. The first-order chi connectivity index (χ1) is 8.93. The zero-order valence-corrected chi connectivity index (χ0v) is 13.6. The summed E-state index contributed by atoms with van der Waals surface area (Å²) in [5.74, 6) is 1.03. The van der Waals surface area contributed by atoms with Crippen molar-refractivity contribution >= 4 is 27.3 Å². The molecule has 0 radical (unpaired) electrons. The molecule has 0 atom stereocenters. The fourth-order valence-electron chi connectivity index (χ4n) is 1.96. The molecule has 0 aliphatic carbocycles. The van der Waals surface area contributed by atoms with Gasteiger partial charge in [-0.3, -0.25) is 0 Å². The van der Waals surface area contributed by atoms with Gasteiger partial charge in [0.15, 0.2) is 0 Å². The van der Waals surface area contributed by atoms with Crippen LogP contribution in [-0.4, -0.2) is 11.9 Å². The Morgan fingerprint density at radius 2 is 1.50 bits per heavy atom. The molecule has 18 heavy (non-hydrogen) atoms. The molecule has 1 rings (SSSR count). The third-order valence-corrected chi connectivity index (χ3v) is 4.26. The summed E-state index contributed by atoms with van der Waals surface area (Å²) < 4.78 is 5.62. The molecule has 0 aliphatic rings. The van der Waals surface area contributed by atoms with Crippen molar-refractivity contribution in [2.75, 3.05) is 11.9 Å². The summed E-state index contributed by atoms with van der Waals surface area (Å²) >= 11 is 5.17. The Balaban J connectivity index is 1.73. The fourth-order valence-corrected chi connectivity index (χ4v) is 2.93. The number of alkyl halides is 1. The monoisotopic (exact) mass is 332 g/mol. The zero-order chi connectivity index (χ0) is 12.9. The molecule has 0 bridgehead atoms. The molecule has 0 unspecified atom stereocenters. The van der Waals surface area contributed by atoms with E-state index in [-0.39, 0.29) is 0 Å². The standard InChI is InChI=1S/C15H25BrOS/c16-11-8-6-4-2-1-3-5-7-9-12-17-15-10-13-18-14-15/h10,13-14H,1-9,11-12H2. The molecule has 0 aromatic carbocycles. The predicted molar refractivity (Wildman–Crippen MR) is 85.2 cm³/mol. The first-order valence-electron chi connectivity index (χ1n) is 7.14. The van der Waals surface area contributed by atoms with Gasteiger partial charge in [0.25, 0.3) is 0 Å². The van der Waals surface area contributed by atoms with Crippen molar-refractivity contribution in [1.29, 1.82) is 0 Å². The SMILES string of the molecule is BrCCCCCCCCCCCOc1ccsc1. The van der Waals surface area contributed by atoms with E-state index in [0.29, 0.717) is 0 Å². The lowest BCUT2D eigenvalue weighted by Crippen LogP contribution is -1.95. The summed E-state index contributed by atoms with van der Waals surface area (Å²) in [6.07, 6.45) is 12.2. The Hall–Kier alpha value is -0.0200. The molecule has 0 spiro atoms. The summed E-state index contributed by atoms with van der Waals surface area (Å²) in [6.45, 7) is 0.877. The largest absolute Gasteiger partial charge is 0.493 e. The Kier molecular flexibility index (Phi) is 10.7. The number of ether oxygens (including phenoxy) is 1. The van der Waals surface area contributed by atoms with E-state index in [1.807, 2.05) is 6.07 Å². The van der Waals surface area contributed by atoms with Gasteiger partial charge in [-0.05, 0) is 24.3 Å². The van der Waals surface area contributed by atoms with Crippen LogP contribution < -0.4 is 4.74 Å². The minimum Gasteiger partial charge on any atom is -0.493 e. The summed E-state index contributed by atoms with van der Waals surface area (Å²) in [4.78, 5) is 0. The number of halogens is 1. The maximum absolute atomic E-state index is 5.62. The maximum atomic E-state index is 5.62. The van der Waals surface area contributed by atoms with E-state index in [9.17, 15) is 0 Å². The van der Waals surface area contributed by atoms with Crippen molar-refractivity contribution in [2.45, 2.75) is 57.8 Å². The highest BCUT2D eigenvalue weighted by Crippen LogP contribution is 2.15. The van der Waals surface area contributed by atoms with Crippen molar-refractivity contribution in [1.82, 2.24) is 0 Å². The van der Waals surface area contributed by atoms with E-state index in [1.165, 1.54) is 57.8 Å². The molecule has 104 valence electrons. The van der Waals surface area contributed by atoms with Crippen LogP contribution in [0.15, 0.2) is 16.8 Å². The highest BCUT2D eigenvalue weighted by atomic mass is 79.9. The first kappa shape index (κ1) is 16.0. The molecule has 0 saturated heterocycles. The van der Waals surface area contributed by atoms with Gasteiger partial charge in [0.1, 0.15) is 5.75 Å². The van der Waals surface area contributed by atoms with Crippen LogP contribution in [0.4, 0.5) is 0 Å². The molecule has 0 amide bonds. The van der Waals surface area contributed by atoms with E-state index in [4.69, 9.17) is 4.74 Å². The molecule has 1 nitrogen and oxygen atoms in total. The van der Waals surface area contributed by atoms with Crippen LogP contribution in [0.1, 0.15) is 57.8 Å². The maximum Gasteiger partial charge on any atom is 0.129 e. The summed E-state index contributed by atoms with van der Waals surface area (Å²) in [5.41, 5.74) is 0. The average molecular weight is 333 g/mol. The molecule has 3 heteroatoms. The molecule has 1 aromatic heterocycles. The Labute approximate surface area is 124 Å². The normalized spacial score (nSPS) is 10.7. The summed E-state index contributed by atoms with van der Waals surface area (Å²) in [7, 11) is 0. The topological polar surface area (TPSA) is 9.23 Å². The lowest BCUT2D eigenvalue weighted by Gasteiger charge is -2.04. The number of hydrogen-bond donors (Lipinski definition) is 0. The van der Waals surface area contributed by atoms with Crippen molar-refractivity contribution in [3.05, 3.63) is 16.8 Å². The number of unbranched alkanes of at least 4 members (excludes halogenated alkanes) is 8. The van der Waals surface area contributed by atoms with Gasteiger partial charge in [0, 0.05) is 10.7 Å². The van der Waals surface area contributed by atoms with Crippen molar-refractivity contribution < 1.29 is 4.74 Å². The second-order valence-corrected chi connectivity index (χ2v) is 6.25. The van der Waals surface area contributed by atoms with E-state index in [0.717, 1.165) is 17.7 Å². The van der Waals surface area contributed by atoms with Gasteiger partial charge in [-0.1, -0.05) is 60.9 Å². The minimum absolute atomic E-state index is 0.877. The molecule has 0 N–H and O–H groups in total. The average Bonchev–Trinajstić information content (AvgIpc) is 2.89. The summed E-state index contributed by atoms with van der Waals surface area (Å²) in [6, 6.07) is 2.04. The number of rotatable bonds is 12. The molecule has 1 aromatic rings. The molecular formula is C15H25BrOS. The number of hydrogen-bond acceptors (Lipinski definition) is 2. The summed E-state index contributed by atoms with van der Waals surface area (Å²) in [5, 5.41) is 5.29. The highest BCUT2D eigenvalue weighted by Gasteiger charge is 1.95. The first-order valence-corrected chi connectivity index (χ1v) is 9.21. The van der Waals surface area contributed by atoms with E-state index in [1.54, 1.807) is 11.3 Å². The van der Waals surface area contributed by atoms with E-state index < -0.39 is 0 Å². The fraction of sp³-hybridized carbons (Fsp3) is 0.733. The van der Waals surface area contributed by atoms with Crippen LogP contribution in [0.25, 0.3) is 0 Å². The van der Waals surface area contributed by atoms with Crippen LogP contribution in [0, 0.1) is 0 Å². The predicted octanol–water partition coefficient (Wildman–Crippen LogP) is 6.03.